The minimum absolute atomic E-state index is 0.108. The number of rotatable bonds is 6. The Balaban J connectivity index is 1.75. The molecule has 0 fully saturated rings. The number of nitrogens with zero attached hydrogens (tertiary/aromatic N) is 2. The van der Waals surface area contributed by atoms with Crippen LogP contribution < -0.4 is 5.32 Å². The molecule has 0 saturated carbocycles. The maximum Gasteiger partial charge on any atom is 0.433 e. The molecule has 1 N–H and O–H groups in total. The van der Waals surface area contributed by atoms with Gasteiger partial charge in [0.25, 0.3) is 0 Å². The molecule has 0 aliphatic heterocycles. The van der Waals surface area contributed by atoms with Crippen LogP contribution in [0.15, 0.2) is 65.8 Å². The molecule has 6 nitrogen and oxygen atoms in total. The maximum absolute atomic E-state index is 13.3. The molecule has 160 valence electrons. The zero-order valence-corrected chi connectivity index (χ0v) is 17.0. The predicted molar refractivity (Wildman–Crippen MR) is 110 cm³/mol. The first kappa shape index (κ1) is 22.3. The molecule has 0 radical (unpaired) electrons. The third-order valence-electron chi connectivity index (χ3n) is 3.97. The molecule has 31 heavy (non-hydrogen) atoms. The Labute approximate surface area is 179 Å². The van der Waals surface area contributed by atoms with Crippen LogP contribution >= 0.6 is 11.8 Å². The molecule has 0 bridgehead atoms. The fourth-order valence-electron chi connectivity index (χ4n) is 2.56. The van der Waals surface area contributed by atoms with Crippen LogP contribution in [-0.4, -0.2) is 34.7 Å². The lowest BCUT2D eigenvalue weighted by molar-refractivity contribution is -0.141. The van der Waals surface area contributed by atoms with E-state index in [0.717, 1.165) is 17.8 Å². The molecule has 0 atom stereocenters. The monoisotopic (exact) mass is 447 g/mol. The number of anilines is 1. The number of methoxy groups -OCH3 is 1. The van der Waals surface area contributed by atoms with E-state index in [0.29, 0.717) is 11.3 Å². The van der Waals surface area contributed by atoms with Crippen molar-refractivity contribution in [1.29, 1.82) is 0 Å². The summed E-state index contributed by atoms with van der Waals surface area (Å²) in [5.74, 6) is -1.27. The number of amides is 1. The lowest BCUT2D eigenvalue weighted by Crippen LogP contribution is -2.15. The van der Waals surface area contributed by atoms with Crippen molar-refractivity contribution in [2.75, 3.05) is 18.2 Å². The van der Waals surface area contributed by atoms with Crippen molar-refractivity contribution in [3.63, 3.8) is 0 Å². The number of thioether (sulfide) groups is 1. The van der Waals surface area contributed by atoms with Gasteiger partial charge in [-0.15, -0.1) is 0 Å². The minimum atomic E-state index is -4.65. The highest BCUT2D eigenvalue weighted by Crippen LogP contribution is 2.32. The number of aromatic nitrogens is 2. The first-order valence-corrected chi connectivity index (χ1v) is 9.87. The number of esters is 1. The number of ether oxygens (including phenoxy) is 1. The number of benzene rings is 2. The molecule has 3 aromatic rings. The summed E-state index contributed by atoms with van der Waals surface area (Å²) in [5.41, 5.74) is 0.123. The fourth-order valence-corrected chi connectivity index (χ4v) is 3.22. The van der Waals surface area contributed by atoms with Gasteiger partial charge in [0.2, 0.25) is 5.91 Å². The van der Waals surface area contributed by atoms with Gasteiger partial charge >= 0.3 is 12.1 Å². The van der Waals surface area contributed by atoms with Gasteiger partial charge in [0, 0.05) is 11.3 Å². The molecule has 1 heterocycles. The van der Waals surface area contributed by atoms with Crippen LogP contribution in [0.2, 0.25) is 0 Å². The number of halogens is 3. The molecule has 10 heteroatoms. The van der Waals surface area contributed by atoms with Crippen LogP contribution in [0, 0.1) is 0 Å². The van der Waals surface area contributed by atoms with Gasteiger partial charge in [-0.1, -0.05) is 48.2 Å². The first-order valence-electron chi connectivity index (χ1n) is 8.89. The van der Waals surface area contributed by atoms with Crippen LogP contribution in [0.4, 0.5) is 18.9 Å². The Morgan fingerprint density at radius 1 is 1.03 bits per heavy atom. The molecule has 2 aromatic carbocycles. The minimum Gasteiger partial charge on any atom is -0.465 e. The lowest BCUT2D eigenvalue weighted by atomic mass is 10.1. The number of alkyl halides is 3. The Morgan fingerprint density at radius 3 is 2.45 bits per heavy atom. The quantitative estimate of drug-likeness (QED) is 0.336. The first-order chi connectivity index (χ1) is 14.8. The second-order valence-corrected chi connectivity index (χ2v) is 7.14. The van der Waals surface area contributed by atoms with Gasteiger partial charge in [0.1, 0.15) is 5.69 Å². The molecule has 0 aliphatic rings. The molecule has 0 unspecified atom stereocenters. The highest BCUT2D eigenvalue weighted by Gasteiger charge is 2.34. The summed E-state index contributed by atoms with van der Waals surface area (Å²) in [4.78, 5) is 31.5. The summed E-state index contributed by atoms with van der Waals surface area (Å²) in [6.45, 7) is 0. The van der Waals surface area contributed by atoms with Gasteiger partial charge in [-0.25, -0.2) is 14.8 Å². The van der Waals surface area contributed by atoms with Crippen molar-refractivity contribution in [2.45, 2.75) is 11.3 Å². The molecule has 0 spiro atoms. The normalized spacial score (nSPS) is 11.1. The lowest BCUT2D eigenvalue weighted by Gasteiger charge is -2.11. The SMILES string of the molecule is COC(=O)c1cccc(NC(=O)CSc2nc(-c3ccccc3)cc(C(F)(F)F)n2)c1. The molecular weight excluding hydrogens is 431 g/mol. The van der Waals surface area contributed by atoms with E-state index in [1.54, 1.807) is 42.5 Å². The summed E-state index contributed by atoms with van der Waals surface area (Å²) in [6.07, 6.45) is -4.65. The van der Waals surface area contributed by atoms with E-state index in [1.165, 1.54) is 19.2 Å². The second-order valence-electron chi connectivity index (χ2n) is 6.19. The zero-order chi connectivity index (χ0) is 22.4. The smallest absolute Gasteiger partial charge is 0.433 e. The number of carbonyl (C=O) groups is 2. The zero-order valence-electron chi connectivity index (χ0n) is 16.1. The van der Waals surface area contributed by atoms with Crippen LogP contribution in [0.25, 0.3) is 11.3 Å². The van der Waals surface area contributed by atoms with E-state index in [2.05, 4.69) is 20.0 Å². The van der Waals surface area contributed by atoms with Crippen molar-refractivity contribution < 1.29 is 27.5 Å². The summed E-state index contributed by atoms with van der Waals surface area (Å²) in [5, 5.41) is 2.40. The molecule has 1 aromatic heterocycles. The van der Waals surface area contributed by atoms with Gasteiger partial charge in [0.05, 0.1) is 24.1 Å². The second kappa shape index (κ2) is 9.61. The third kappa shape index (κ3) is 6.05. The molecule has 0 saturated heterocycles. The average molecular weight is 447 g/mol. The van der Waals surface area contributed by atoms with Crippen molar-refractivity contribution in [2.24, 2.45) is 0 Å². The molecule has 3 rings (SSSR count). The van der Waals surface area contributed by atoms with E-state index in [1.807, 2.05) is 0 Å². The number of hydrogen-bond acceptors (Lipinski definition) is 6. The van der Waals surface area contributed by atoms with Crippen LogP contribution in [0.1, 0.15) is 16.1 Å². The van der Waals surface area contributed by atoms with Gasteiger partial charge in [-0.2, -0.15) is 13.2 Å². The third-order valence-corrected chi connectivity index (χ3v) is 4.81. The Hall–Kier alpha value is -3.40. The van der Waals surface area contributed by atoms with Crippen molar-refractivity contribution in [1.82, 2.24) is 9.97 Å². The van der Waals surface area contributed by atoms with E-state index < -0.39 is 23.7 Å². The fraction of sp³-hybridized carbons (Fsp3) is 0.143. The maximum atomic E-state index is 13.3. The van der Waals surface area contributed by atoms with Gasteiger partial charge in [0.15, 0.2) is 5.16 Å². The van der Waals surface area contributed by atoms with E-state index >= 15 is 0 Å². The van der Waals surface area contributed by atoms with Gasteiger partial charge in [-0.3, -0.25) is 4.79 Å². The molecule has 0 aliphatic carbocycles. The highest BCUT2D eigenvalue weighted by molar-refractivity contribution is 7.99. The van der Waals surface area contributed by atoms with Crippen molar-refractivity contribution >= 4 is 29.3 Å². The largest absolute Gasteiger partial charge is 0.465 e. The predicted octanol–water partition coefficient (Wildman–Crippen LogP) is 4.68. The topological polar surface area (TPSA) is 81.2 Å². The van der Waals surface area contributed by atoms with Gasteiger partial charge < -0.3 is 10.1 Å². The van der Waals surface area contributed by atoms with Gasteiger partial charge in [-0.05, 0) is 24.3 Å². The molecular formula is C21H16F3N3O3S. The van der Waals surface area contributed by atoms with E-state index in [-0.39, 0.29) is 22.2 Å². The Bertz CT molecular complexity index is 1090. The highest BCUT2D eigenvalue weighted by atomic mass is 32.2. The van der Waals surface area contributed by atoms with Crippen molar-refractivity contribution in [3.05, 3.63) is 71.9 Å². The Morgan fingerprint density at radius 2 is 1.77 bits per heavy atom. The standard InChI is InChI=1S/C21H16F3N3O3S/c1-30-19(29)14-8-5-9-15(10-14)25-18(28)12-31-20-26-16(13-6-3-2-4-7-13)11-17(27-20)21(22,23)24/h2-11H,12H2,1H3,(H,25,28). The van der Waals surface area contributed by atoms with Crippen LogP contribution in [0.3, 0.4) is 0 Å². The molecule has 1 amide bonds. The van der Waals surface area contributed by atoms with Crippen molar-refractivity contribution in [3.8, 4) is 11.3 Å². The van der Waals surface area contributed by atoms with Crippen LogP contribution in [-0.2, 0) is 15.7 Å². The Kier molecular flexibility index (Phi) is 6.91. The number of hydrogen-bond donors (Lipinski definition) is 1. The summed E-state index contributed by atoms with van der Waals surface area (Å²) in [7, 11) is 1.24. The summed E-state index contributed by atoms with van der Waals surface area (Å²) >= 11 is 0.776. The van der Waals surface area contributed by atoms with E-state index in [9.17, 15) is 22.8 Å². The summed E-state index contributed by atoms with van der Waals surface area (Å²) in [6, 6.07) is 15.4. The van der Waals surface area contributed by atoms with Crippen LogP contribution in [0.5, 0.6) is 0 Å². The number of nitrogens with one attached hydrogen (secondary N) is 1. The summed E-state index contributed by atoms with van der Waals surface area (Å²) < 4.78 is 44.4. The average Bonchev–Trinajstić information content (AvgIpc) is 2.77. The number of carbonyl (C=O) groups excluding carboxylic acids is 2. The van der Waals surface area contributed by atoms with E-state index in [4.69, 9.17) is 0 Å².